The smallest absolute Gasteiger partial charge is 0.376 e. The van der Waals surface area contributed by atoms with Crippen LogP contribution in [-0.4, -0.2) is 13.1 Å². The molecular weight excluding hydrogens is 314 g/mol. The lowest BCUT2D eigenvalue weighted by molar-refractivity contribution is -0.138. The van der Waals surface area contributed by atoms with E-state index in [4.69, 9.17) is 15.2 Å². The number of fused-ring (bicyclic) bond motifs is 1. The second-order valence-corrected chi connectivity index (χ2v) is 5.71. The van der Waals surface area contributed by atoms with E-state index < -0.39 is 5.97 Å². The monoisotopic (exact) mass is 333 g/mol. The molecule has 0 aliphatic rings. The van der Waals surface area contributed by atoms with Gasteiger partial charge in [-0.05, 0) is 29.8 Å². The van der Waals surface area contributed by atoms with Crippen molar-refractivity contribution < 1.29 is 14.3 Å². The van der Waals surface area contributed by atoms with Crippen LogP contribution in [0.4, 0.5) is 0 Å². The fourth-order valence-electron chi connectivity index (χ4n) is 2.51. The summed E-state index contributed by atoms with van der Waals surface area (Å²) in [4.78, 5) is 12.2. The standard InChI is InChI=1S/C21H19NO3/c1-14-7-9-16(10-8-14)19(22)20(21(23)24-2)25-18-12-11-15-5-3-4-6-17(15)13-18/h3-13H,22H2,1-2H3. The van der Waals surface area contributed by atoms with E-state index in [9.17, 15) is 4.79 Å². The molecule has 0 heterocycles. The summed E-state index contributed by atoms with van der Waals surface area (Å²) in [6.45, 7) is 1.98. The van der Waals surface area contributed by atoms with Crippen molar-refractivity contribution in [2.75, 3.05) is 7.11 Å². The van der Waals surface area contributed by atoms with Gasteiger partial charge in [0.1, 0.15) is 5.75 Å². The van der Waals surface area contributed by atoms with Crippen molar-refractivity contribution in [2.45, 2.75) is 6.92 Å². The molecule has 4 heteroatoms. The molecule has 0 saturated carbocycles. The maximum atomic E-state index is 12.2. The zero-order valence-corrected chi connectivity index (χ0v) is 14.2. The first-order chi connectivity index (χ1) is 12.1. The van der Waals surface area contributed by atoms with Gasteiger partial charge in [0.15, 0.2) is 0 Å². The summed E-state index contributed by atoms with van der Waals surface area (Å²) < 4.78 is 10.6. The lowest BCUT2D eigenvalue weighted by Gasteiger charge is -2.13. The summed E-state index contributed by atoms with van der Waals surface area (Å²) in [7, 11) is 1.30. The van der Waals surface area contributed by atoms with Crippen LogP contribution < -0.4 is 10.5 Å². The maximum absolute atomic E-state index is 12.2. The Kier molecular flexibility index (Phi) is 4.70. The molecule has 0 bridgehead atoms. The van der Waals surface area contributed by atoms with Gasteiger partial charge >= 0.3 is 5.97 Å². The number of esters is 1. The van der Waals surface area contributed by atoms with E-state index >= 15 is 0 Å². The molecule has 0 saturated heterocycles. The molecule has 0 atom stereocenters. The van der Waals surface area contributed by atoms with Gasteiger partial charge in [-0.25, -0.2) is 4.79 Å². The van der Waals surface area contributed by atoms with Gasteiger partial charge in [-0.2, -0.15) is 0 Å². The average Bonchev–Trinajstić information content (AvgIpc) is 2.65. The molecule has 0 spiro atoms. The molecule has 2 N–H and O–H groups in total. The quantitative estimate of drug-likeness (QED) is 0.445. The van der Waals surface area contributed by atoms with Gasteiger partial charge in [0.2, 0.25) is 5.76 Å². The minimum Gasteiger partial charge on any atom is -0.463 e. The van der Waals surface area contributed by atoms with Gasteiger partial charge in [-0.1, -0.05) is 60.2 Å². The second-order valence-electron chi connectivity index (χ2n) is 5.71. The highest BCUT2D eigenvalue weighted by molar-refractivity contribution is 5.95. The molecule has 0 aliphatic carbocycles. The third-order valence-electron chi connectivity index (χ3n) is 3.92. The minimum absolute atomic E-state index is 0.0263. The molecule has 126 valence electrons. The summed E-state index contributed by atoms with van der Waals surface area (Å²) in [5.41, 5.74) is 8.22. The molecule has 4 nitrogen and oxygen atoms in total. The van der Waals surface area contributed by atoms with Crippen LogP contribution in [0, 0.1) is 6.92 Å². The van der Waals surface area contributed by atoms with Crippen LogP contribution in [0.5, 0.6) is 5.75 Å². The van der Waals surface area contributed by atoms with Crippen LogP contribution in [0.3, 0.4) is 0 Å². The Balaban J connectivity index is 2.01. The van der Waals surface area contributed by atoms with Crippen LogP contribution in [0.15, 0.2) is 72.5 Å². The number of benzene rings is 3. The summed E-state index contributed by atoms with van der Waals surface area (Å²) in [5, 5.41) is 2.10. The fraction of sp³-hybridized carbons (Fsp3) is 0.0952. The average molecular weight is 333 g/mol. The number of hydrogen-bond donors (Lipinski definition) is 1. The van der Waals surface area contributed by atoms with Crippen molar-refractivity contribution in [3.63, 3.8) is 0 Å². The Morgan fingerprint density at radius 3 is 2.28 bits per heavy atom. The Morgan fingerprint density at radius 1 is 0.920 bits per heavy atom. The molecular formula is C21H19NO3. The van der Waals surface area contributed by atoms with Gasteiger partial charge in [0.05, 0.1) is 12.8 Å². The Morgan fingerprint density at radius 2 is 1.60 bits per heavy atom. The molecule has 0 radical (unpaired) electrons. The van der Waals surface area contributed by atoms with Crippen molar-refractivity contribution in [3.05, 3.63) is 83.6 Å². The number of carbonyl (C=O) groups is 1. The molecule has 0 amide bonds. The molecule has 3 aromatic carbocycles. The Hall–Kier alpha value is -3.27. The van der Waals surface area contributed by atoms with Crippen LogP contribution in [0.2, 0.25) is 0 Å². The summed E-state index contributed by atoms with van der Waals surface area (Å²) in [6.07, 6.45) is 0. The number of ether oxygens (including phenoxy) is 2. The number of methoxy groups -OCH3 is 1. The van der Waals surface area contributed by atoms with E-state index in [0.717, 1.165) is 16.3 Å². The highest BCUT2D eigenvalue weighted by Crippen LogP contribution is 2.24. The van der Waals surface area contributed by atoms with E-state index in [1.54, 1.807) is 6.07 Å². The third-order valence-corrected chi connectivity index (χ3v) is 3.92. The lowest BCUT2D eigenvalue weighted by Crippen LogP contribution is -2.17. The van der Waals surface area contributed by atoms with E-state index in [1.807, 2.05) is 67.6 Å². The highest BCUT2D eigenvalue weighted by Gasteiger charge is 2.19. The first-order valence-corrected chi connectivity index (χ1v) is 7.90. The normalized spacial score (nSPS) is 11.8. The Bertz CT molecular complexity index is 943. The van der Waals surface area contributed by atoms with Gasteiger partial charge in [0, 0.05) is 5.56 Å². The van der Waals surface area contributed by atoms with Crippen molar-refractivity contribution in [2.24, 2.45) is 5.73 Å². The number of carbonyl (C=O) groups excluding carboxylic acids is 1. The Labute approximate surface area is 146 Å². The largest absolute Gasteiger partial charge is 0.463 e. The fourth-order valence-corrected chi connectivity index (χ4v) is 2.51. The van der Waals surface area contributed by atoms with Crippen molar-refractivity contribution in [1.29, 1.82) is 0 Å². The predicted octanol–water partition coefficient (Wildman–Crippen LogP) is 4.03. The topological polar surface area (TPSA) is 61.5 Å². The van der Waals surface area contributed by atoms with Gasteiger partial charge in [0.25, 0.3) is 0 Å². The SMILES string of the molecule is COC(=O)C(Oc1ccc2ccccc2c1)=C(N)c1ccc(C)cc1. The molecule has 3 rings (SSSR count). The zero-order chi connectivity index (χ0) is 17.8. The molecule has 0 aliphatic heterocycles. The van der Waals surface area contributed by atoms with Crippen molar-refractivity contribution >= 4 is 22.4 Å². The van der Waals surface area contributed by atoms with Gasteiger partial charge in [-0.15, -0.1) is 0 Å². The second kappa shape index (κ2) is 7.09. The van der Waals surface area contributed by atoms with Crippen LogP contribution in [0.1, 0.15) is 11.1 Å². The van der Waals surface area contributed by atoms with E-state index in [0.29, 0.717) is 11.3 Å². The summed E-state index contributed by atoms with van der Waals surface area (Å²) in [6, 6.07) is 21.0. The van der Waals surface area contributed by atoms with E-state index in [1.165, 1.54) is 7.11 Å². The number of rotatable bonds is 4. The first kappa shape index (κ1) is 16.6. The summed E-state index contributed by atoms with van der Waals surface area (Å²) in [5.74, 6) is -0.123. The number of hydrogen-bond acceptors (Lipinski definition) is 4. The van der Waals surface area contributed by atoms with Gasteiger partial charge < -0.3 is 15.2 Å². The minimum atomic E-state index is -0.619. The predicted molar refractivity (Wildman–Crippen MR) is 98.9 cm³/mol. The molecule has 0 fully saturated rings. The van der Waals surface area contributed by atoms with Crippen molar-refractivity contribution in [1.82, 2.24) is 0 Å². The molecule has 0 unspecified atom stereocenters. The van der Waals surface area contributed by atoms with Gasteiger partial charge in [-0.3, -0.25) is 0 Å². The van der Waals surface area contributed by atoms with Crippen LogP contribution in [-0.2, 0) is 9.53 Å². The lowest BCUT2D eigenvalue weighted by atomic mass is 10.1. The van der Waals surface area contributed by atoms with Crippen LogP contribution in [0.25, 0.3) is 16.5 Å². The highest BCUT2D eigenvalue weighted by atomic mass is 16.6. The number of nitrogens with two attached hydrogens (primary N) is 1. The molecule has 25 heavy (non-hydrogen) atoms. The van der Waals surface area contributed by atoms with Crippen molar-refractivity contribution in [3.8, 4) is 5.75 Å². The third kappa shape index (κ3) is 3.63. The maximum Gasteiger partial charge on any atom is 0.376 e. The first-order valence-electron chi connectivity index (χ1n) is 7.90. The van der Waals surface area contributed by atoms with E-state index in [2.05, 4.69) is 0 Å². The molecule has 0 aromatic heterocycles. The number of aryl methyl sites for hydroxylation is 1. The van der Waals surface area contributed by atoms with Crippen LogP contribution >= 0.6 is 0 Å². The molecule has 3 aromatic rings. The summed E-state index contributed by atoms with van der Waals surface area (Å²) >= 11 is 0. The van der Waals surface area contributed by atoms with E-state index in [-0.39, 0.29) is 11.5 Å². The zero-order valence-electron chi connectivity index (χ0n) is 14.2.